The van der Waals surface area contributed by atoms with Crippen molar-refractivity contribution in [3.8, 4) is 5.69 Å². The number of hydrogen-bond acceptors (Lipinski definition) is 1. The van der Waals surface area contributed by atoms with Gasteiger partial charge in [-0.1, -0.05) is 152 Å². The third-order valence-corrected chi connectivity index (χ3v) is 12.0. The van der Waals surface area contributed by atoms with Gasteiger partial charge in [-0.3, -0.25) is 0 Å². The van der Waals surface area contributed by atoms with Crippen molar-refractivity contribution in [3.63, 3.8) is 0 Å². The average molecular weight is 688 g/mol. The first-order valence-corrected chi connectivity index (χ1v) is 18.8. The van der Waals surface area contributed by atoms with E-state index in [-0.39, 0.29) is 11.8 Å². The van der Waals surface area contributed by atoms with E-state index in [1.54, 1.807) is 0 Å². The zero-order valence-electron chi connectivity index (χ0n) is 29.4. The molecule has 2 heteroatoms. The number of nitrogens with zero attached hydrogens (tertiary/aromatic N) is 1. The van der Waals surface area contributed by atoms with Crippen molar-refractivity contribution in [2.75, 3.05) is 0 Å². The highest BCUT2D eigenvalue weighted by Crippen LogP contribution is 2.51. The van der Waals surface area contributed by atoms with Crippen LogP contribution in [0.4, 0.5) is 0 Å². The summed E-state index contributed by atoms with van der Waals surface area (Å²) in [6.07, 6.45) is 9.18. The molecule has 2 aromatic heterocycles. The number of furan rings is 1. The SMILES string of the molecule is C1=CC2=C(c3ccc4c(c3)c3ccccc3n4-c3ccccc3)c3ccccc3C(c3ccc4c(c3)oc3c5ccccc5c5ccccc5c43)C2C=C1. The van der Waals surface area contributed by atoms with Crippen LogP contribution in [0.15, 0.2) is 198 Å². The summed E-state index contributed by atoms with van der Waals surface area (Å²) in [7, 11) is 0. The minimum Gasteiger partial charge on any atom is -0.455 e. The maximum atomic E-state index is 6.88. The first-order chi connectivity index (χ1) is 26.8. The second-order valence-corrected chi connectivity index (χ2v) is 14.7. The van der Waals surface area contributed by atoms with Crippen molar-refractivity contribution in [1.82, 2.24) is 4.57 Å². The van der Waals surface area contributed by atoms with Gasteiger partial charge in [0.15, 0.2) is 0 Å². The Labute approximate surface area is 312 Å². The van der Waals surface area contributed by atoms with Crippen LogP contribution in [0.5, 0.6) is 0 Å². The fraction of sp³-hybridized carbons (Fsp3) is 0.0385. The molecule has 2 aliphatic rings. The summed E-state index contributed by atoms with van der Waals surface area (Å²) in [5.41, 5.74) is 13.3. The molecule has 54 heavy (non-hydrogen) atoms. The molecule has 10 aromatic rings. The number of benzene rings is 8. The quantitative estimate of drug-likeness (QED) is 0.169. The maximum absolute atomic E-state index is 6.88. The second-order valence-electron chi connectivity index (χ2n) is 14.7. The van der Waals surface area contributed by atoms with Crippen LogP contribution in [0.25, 0.3) is 76.5 Å². The lowest BCUT2D eigenvalue weighted by molar-refractivity contribution is 0.642. The summed E-state index contributed by atoms with van der Waals surface area (Å²) < 4.78 is 9.28. The highest BCUT2D eigenvalue weighted by atomic mass is 16.3. The monoisotopic (exact) mass is 687 g/mol. The van der Waals surface area contributed by atoms with Gasteiger partial charge in [0.25, 0.3) is 0 Å². The van der Waals surface area contributed by atoms with Crippen molar-refractivity contribution < 1.29 is 4.42 Å². The lowest BCUT2D eigenvalue weighted by Crippen LogP contribution is -2.22. The van der Waals surface area contributed by atoms with Gasteiger partial charge in [-0.15, -0.1) is 0 Å². The van der Waals surface area contributed by atoms with E-state index < -0.39 is 0 Å². The fourth-order valence-electron chi connectivity index (χ4n) is 9.75. The van der Waals surface area contributed by atoms with Gasteiger partial charge in [-0.05, 0) is 86.0 Å². The molecule has 2 heterocycles. The third-order valence-electron chi connectivity index (χ3n) is 12.0. The molecule has 0 spiro atoms. The third kappa shape index (κ3) is 4.11. The average Bonchev–Trinajstić information content (AvgIpc) is 3.79. The lowest BCUT2D eigenvalue weighted by atomic mass is 9.66. The number of para-hydroxylation sites is 2. The van der Waals surface area contributed by atoms with Crippen LogP contribution in [0.2, 0.25) is 0 Å². The van der Waals surface area contributed by atoms with Gasteiger partial charge in [0.2, 0.25) is 0 Å². The van der Waals surface area contributed by atoms with E-state index >= 15 is 0 Å². The summed E-state index contributed by atoms with van der Waals surface area (Å²) in [5.74, 6) is 0.306. The summed E-state index contributed by atoms with van der Waals surface area (Å²) in [4.78, 5) is 0. The van der Waals surface area contributed by atoms with Gasteiger partial charge in [0, 0.05) is 44.5 Å². The predicted molar refractivity (Wildman–Crippen MR) is 226 cm³/mol. The zero-order valence-corrected chi connectivity index (χ0v) is 29.4. The molecule has 252 valence electrons. The molecule has 12 rings (SSSR count). The van der Waals surface area contributed by atoms with E-state index in [2.05, 4.69) is 193 Å². The standard InChI is InChI=1S/C52H33NO/c1-2-14-34(15-3-1)53-46-25-13-12-18-37(46)45-30-32(27-29-47(45)53)49-39-20-7-9-22-41(39)50(42-23-10-8-21-40(42)49)33-26-28-44-48(31-33)54-52-43-24-11-5-17-36(43)35-16-4-6-19-38(35)51(44)52/h1-31,41,50H. The van der Waals surface area contributed by atoms with Crippen molar-refractivity contribution >= 4 is 70.9 Å². The smallest absolute Gasteiger partial charge is 0.143 e. The largest absolute Gasteiger partial charge is 0.455 e. The molecule has 0 saturated carbocycles. The van der Waals surface area contributed by atoms with Crippen LogP contribution in [0.1, 0.15) is 28.2 Å². The highest BCUT2D eigenvalue weighted by Gasteiger charge is 2.36. The molecule has 0 bridgehead atoms. The van der Waals surface area contributed by atoms with Gasteiger partial charge in [0.1, 0.15) is 11.2 Å². The predicted octanol–water partition coefficient (Wildman–Crippen LogP) is 13.7. The summed E-state index contributed by atoms with van der Waals surface area (Å²) in [5, 5.41) is 9.78. The molecule has 2 nitrogen and oxygen atoms in total. The summed E-state index contributed by atoms with van der Waals surface area (Å²) in [6, 6.07) is 60.0. The normalized spacial score (nSPS) is 16.7. The molecule has 8 aromatic carbocycles. The van der Waals surface area contributed by atoms with E-state index in [0.717, 1.165) is 16.6 Å². The number of hydrogen-bond donors (Lipinski definition) is 0. The Bertz CT molecular complexity index is 3280. The van der Waals surface area contributed by atoms with Crippen LogP contribution < -0.4 is 0 Å². The van der Waals surface area contributed by atoms with E-state index in [1.165, 1.54) is 87.8 Å². The maximum Gasteiger partial charge on any atom is 0.143 e. The van der Waals surface area contributed by atoms with Crippen molar-refractivity contribution in [2.24, 2.45) is 5.92 Å². The first-order valence-electron chi connectivity index (χ1n) is 18.8. The highest BCUT2D eigenvalue weighted by molar-refractivity contribution is 6.30. The topological polar surface area (TPSA) is 18.1 Å². The van der Waals surface area contributed by atoms with E-state index in [4.69, 9.17) is 4.42 Å². The molecule has 2 atom stereocenters. The second kappa shape index (κ2) is 11.3. The Morgan fingerprint density at radius 1 is 0.500 bits per heavy atom. The van der Waals surface area contributed by atoms with Crippen molar-refractivity contribution in [1.29, 1.82) is 0 Å². The van der Waals surface area contributed by atoms with Crippen LogP contribution in [-0.4, -0.2) is 4.57 Å². The molecule has 0 fully saturated rings. The Hall–Kier alpha value is -6.90. The molecule has 0 N–H and O–H groups in total. The fourth-order valence-corrected chi connectivity index (χ4v) is 9.75. The molecule has 0 amide bonds. The number of allylic oxidation sites excluding steroid dienone is 5. The summed E-state index contributed by atoms with van der Waals surface area (Å²) in [6.45, 7) is 0. The minimum absolute atomic E-state index is 0.135. The van der Waals surface area contributed by atoms with Gasteiger partial charge in [0.05, 0.1) is 11.0 Å². The molecule has 0 aliphatic heterocycles. The first kappa shape index (κ1) is 29.7. The lowest BCUT2D eigenvalue weighted by Gasteiger charge is -2.36. The molecular weight excluding hydrogens is 655 g/mol. The van der Waals surface area contributed by atoms with Crippen molar-refractivity contribution in [2.45, 2.75) is 5.92 Å². The number of rotatable bonds is 3. The van der Waals surface area contributed by atoms with Crippen molar-refractivity contribution in [3.05, 3.63) is 216 Å². The Kier molecular flexibility index (Phi) is 6.20. The molecule has 2 aliphatic carbocycles. The zero-order chi connectivity index (χ0) is 35.3. The van der Waals surface area contributed by atoms with Gasteiger partial charge in [-0.2, -0.15) is 0 Å². The minimum atomic E-state index is 0.135. The van der Waals surface area contributed by atoms with Crippen LogP contribution in [0.3, 0.4) is 0 Å². The van der Waals surface area contributed by atoms with Crippen LogP contribution in [-0.2, 0) is 0 Å². The molecule has 0 radical (unpaired) electrons. The van der Waals surface area contributed by atoms with Gasteiger partial charge < -0.3 is 8.98 Å². The van der Waals surface area contributed by atoms with E-state index in [0.29, 0.717) is 0 Å². The Morgan fingerprint density at radius 2 is 1.20 bits per heavy atom. The van der Waals surface area contributed by atoms with E-state index in [9.17, 15) is 0 Å². The van der Waals surface area contributed by atoms with E-state index in [1.807, 2.05) is 0 Å². The van der Waals surface area contributed by atoms with Gasteiger partial charge in [-0.25, -0.2) is 0 Å². The van der Waals surface area contributed by atoms with Crippen LogP contribution in [0, 0.1) is 5.92 Å². The molecular formula is C52H33NO. The number of aromatic nitrogens is 1. The Morgan fingerprint density at radius 3 is 2.07 bits per heavy atom. The molecule has 2 unspecified atom stereocenters. The molecule has 0 saturated heterocycles. The summed E-state index contributed by atoms with van der Waals surface area (Å²) >= 11 is 0. The number of fused-ring (bicyclic) bond motifs is 13. The Balaban J connectivity index is 1.06. The van der Waals surface area contributed by atoms with Gasteiger partial charge >= 0.3 is 0 Å². The van der Waals surface area contributed by atoms with Crippen LogP contribution >= 0.6 is 0 Å².